The largest absolute Gasteiger partial charge is 0.349 e. The molecule has 1 aliphatic rings. The Kier molecular flexibility index (Phi) is 4.32. The lowest BCUT2D eigenvalue weighted by Gasteiger charge is -2.35. The van der Waals surface area contributed by atoms with Crippen LogP contribution in [0.25, 0.3) is 0 Å². The highest BCUT2D eigenvalue weighted by Crippen LogP contribution is 2.16. The monoisotopic (exact) mass is 253 g/mol. The average molecular weight is 253 g/mol. The zero-order chi connectivity index (χ0) is 13.0. The zero-order valence-electron chi connectivity index (χ0n) is 10.9. The van der Waals surface area contributed by atoms with Gasteiger partial charge < -0.3 is 14.8 Å². The van der Waals surface area contributed by atoms with Crippen molar-refractivity contribution in [2.45, 2.75) is 32.1 Å². The number of ether oxygens (including phenoxy) is 2. The maximum atomic E-state index is 13.4. The Balaban J connectivity index is 1.72. The first-order valence-corrected chi connectivity index (χ1v) is 6.31. The third-order valence-corrected chi connectivity index (χ3v) is 3.05. The molecule has 1 heterocycles. The fourth-order valence-corrected chi connectivity index (χ4v) is 1.92. The van der Waals surface area contributed by atoms with Crippen molar-refractivity contribution >= 4 is 0 Å². The topological polar surface area (TPSA) is 30.5 Å². The molecule has 0 aromatic heterocycles. The van der Waals surface area contributed by atoms with Gasteiger partial charge in [0.2, 0.25) is 0 Å². The number of hydrogen-bond acceptors (Lipinski definition) is 3. The van der Waals surface area contributed by atoms with Crippen LogP contribution >= 0.6 is 0 Å². The van der Waals surface area contributed by atoms with Gasteiger partial charge in [0.25, 0.3) is 0 Å². The van der Waals surface area contributed by atoms with Crippen molar-refractivity contribution in [3.63, 3.8) is 0 Å². The van der Waals surface area contributed by atoms with Gasteiger partial charge in [-0.15, -0.1) is 0 Å². The summed E-state index contributed by atoms with van der Waals surface area (Å²) in [5.74, 6) is -0.624. The molecule has 18 heavy (non-hydrogen) atoms. The van der Waals surface area contributed by atoms with Crippen molar-refractivity contribution in [1.82, 2.24) is 5.32 Å². The minimum atomic E-state index is -0.482. The fourth-order valence-electron chi connectivity index (χ4n) is 1.92. The lowest BCUT2D eigenvalue weighted by Crippen LogP contribution is -2.48. The molecule has 3 nitrogen and oxygen atoms in total. The SMILES string of the molecule is CC1(C)OCC(NCCc2ccccc2F)CO1. The molecule has 1 N–H and O–H groups in total. The highest BCUT2D eigenvalue weighted by molar-refractivity contribution is 5.17. The molecule has 1 saturated heterocycles. The summed E-state index contributed by atoms with van der Waals surface area (Å²) in [5.41, 5.74) is 0.739. The predicted octanol–water partition coefficient (Wildman–Crippen LogP) is 2.11. The van der Waals surface area contributed by atoms with Crippen LogP contribution in [-0.2, 0) is 15.9 Å². The van der Waals surface area contributed by atoms with Gasteiger partial charge >= 0.3 is 0 Å². The van der Waals surface area contributed by atoms with Crippen molar-refractivity contribution < 1.29 is 13.9 Å². The van der Waals surface area contributed by atoms with Gasteiger partial charge in [-0.1, -0.05) is 18.2 Å². The van der Waals surface area contributed by atoms with Crippen molar-refractivity contribution in [2.75, 3.05) is 19.8 Å². The smallest absolute Gasteiger partial charge is 0.162 e. The maximum absolute atomic E-state index is 13.4. The minimum Gasteiger partial charge on any atom is -0.349 e. The summed E-state index contributed by atoms with van der Waals surface area (Å²) in [7, 11) is 0. The number of benzene rings is 1. The van der Waals surface area contributed by atoms with Gasteiger partial charge in [-0.25, -0.2) is 4.39 Å². The van der Waals surface area contributed by atoms with E-state index in [2.05, 4.69) is 5.32 Å². The van der Waals surface area contributed by atoms with E-state index in [1.165, 1.54) is 6.07 Å². The molecule has 0 radical (unpaired) electrons. The normalized spacial score (nSPS) is 19.9. The van der Waals surface area contributed by atoms with Crippen LogP contribution in [0.2, 0.25) is 0 Å². The van der Waals surface area contributed by atoms with E-state index in [-0.39, 0.29) is 11.9 Å². The summed E-state index contributed by atoms with van der Waals surface area (Å²) >= 11 is 0. The van der Waals surface area contributed by atoms with Gasteiger partial charge in [0.15, 0.2) is 5.79 Å². The quantitative estimate of drug-likeness (QED) is 0.891. The lowest BCUT2D eigenvalue weighted by molar-refractivity contribution is -0.252. The third kappa shape index (κ3) is 3.77. The van der Waals surface area contributed by atoms with Crippen LogP contribution in [0.3, 0.4) is 0 Å². The molecule has 0 saturated carbocycles. The molecular formula is C14H20FNO2. The molecule has 1 aliphatic heterocycles. The standard InChI is InChI=1S/C14H20FNO2/c1-14(2)17-9-12(10-18-14)16-8-7-11-5-3-4-6-13(11)15/h3-6,12,16H,7-10H2,1-2H3. The molecule has 0 bridgehead atoms. The Morgan fingerprint density at radius 3 is 2.61 bits per heavy atom. The van der Waals surface area contributed by atoms with Crippen molar-refractivity contribution in [3.05, 3.63) is 35.6 Å². The molecule has 1 fully saturated rings. The third-order valence-electron chi connectivity index (χ3n) is 3.05. The highest BCUT2D eigenvalue weighted by atomic mass is 19.1. The van der Waals surface area contributed by atoms with Gasteiger partial charge in [-0.05, 0) is 38.4 Å². The second-order valence-electron chi connectivity index (χ2n) is 5.01. The summed E-state index contributed by atoms with van der Waals surface area (Å²) in [6.07, 6.45) is 0.673. The van der Waals surface area contributed by atoms with E-state index in [1.54, 1.807) is 6.07 Å². The van der Waals surface area contributed by atoms with Gasteiger partial charge in [-0.2, -0.15) is 0 Å². The van der Waals surface area contributed by atoms with E-state index in [0.29, 0.717) is 19.6 Å². The Labute approximate surface area is 107 Å². The molecular weight excluding hydrogens is 233 g/mol. The second kappa shape index (κ2) is 5.78. The van der Waals surface area contributed by atoms with Crippen LogP contribution in [0.5, 0.6) is 0 Å². The number of hydrogen-bond donors (Lipinski definition) is 1. The van der Waals surface area contributed by atoms with E-state index >= 15 is 0 Å². The molecule has 0 amide bonds. The molecule has 0 atom stereocenters. The van der Waals surface area contributed by atoms with Crippen LogP contribution in [0.4, 0.5) is 4.39 Å². The number of halogens is 1. The number of nitrogens with one attached hydrogen (secondary N) is 1. The van der Waals surface area contributed by atoms with Crippen molar-refractivity contribution in [3.8, 4) is 0 Å². The van der Waals surface area contributed by atoms with Gasteiger partial charge in [0.05, 0.1) is 19.3 Å². The highest BCUT2D eigenvalue weighted by Gasteiger charge is 2.27. The van der Waals surface area contributed by atoms with Crippen LogP contribution in [0.15, 0.2) is 24.3 Å². The first-order valence-electron chi connectivity index (χ1n) is 6.31. The van der Waals surface area contributed by atoms with Gasteiger partial charge in [0.1, 0.15) is 5.82 Å². The molecule has 1 aromatic carbocycles. The first kappa shape index (κ1) is 13.5. The Hall–Kier alpha value is -0.970. The van der Waals surface area contributed by atoms with E-state index in [9.17, 15) is 4.39 Å². The molecule has 2 rings (SSSR count). The summed E-state index contributed by atoms with van der Waals surface area (Å²) < 4.78 is 24.5. The van der Waals surface area contributed by atoms with Crippen LogP contribution < -0.4 is 5.32 Å². The lowest BCUT2D eigenvalue weighted by atomic mass is 10.1. The summed E-state index contributed by atoms with van der Waals surface area (Å²) in [6, 6.07) is 7.05. The van der Waals surface area contributed by atoms with Crippen LogP contribution in [0, 0.1) is 5.82 Å². The van der Waals surface area contributed by atoms with E-state index in [4.69, 9.17) is 9.47 Å². The second-order valence-corrected chi connectivity index (χ2v) is 5.01. The van der Waals surface area contributed by atoms with Gasteiger partial charge in [-0.3, -0.25) is 0 Å². The van der Waals surface area contributed by atoms with Crippen LogP contribution in [-0.4, -0.2) is 31.6 Å². The maximum Gasteiger partial charge on any atom is 0.162 e. The van der Waals surface area contributed by atoms with E-state index < -0.39 is 5.79 Å². The summed E-state index contributed by atoms with van der Waals surface area (Å²) in [6.45, 7) is 5.79. The first-order chi connectivity index (χ1) is 8.57. The molecule has 100 valence electrons. The van der Waals surface area contributed by atoms with Gasteiger partial charge in [0, 0.05) is 0 Å². The minimum absolute atomic E-state index is 0.142. The zero-order valence-corrected chi connectivity index (χ0v) is 10.9. The predicted molar refractivity (Wildman–Crippen MR) is 67.9 cm³/mol. The molecule has 1 aromatic rings. The summed E-state index contributed by atoms with van der Waals surface area (Å²) in [4.78, 5) is 0. The van der Waals surface area contributed by atoms with Crippen LogP contribution in [0.1, 0.15) is 19.4 Å². The van der Waals surface area contributed by atoms with Crippen molar-refractivity contribution in [1.29, 1.82) is 0 Å². The Morgan fingerprint density at radius 2 is 1.94 bits per heavy atom. The fraction of sp³-hybridized carbons (Fsp3) is 0.571. The summed E-state index contributed by atoms with van der Waals surface area (Å²) in [5, 5.41) is 3.32. The number of rotatable bonds is 4. The molecule has 0 unspecified atom stereocenters. The average Bonchev–Trinajstić information content (AvgIpc) is 2.34. The Morgan fingerprint density at radius 1 is 1.28 bits per heavy atom. The van der Waals surface area contributed by atoms with Crippen molar-refractivity contribution in [2.24, 2.45) is 0 Å². The van der Waals surface area contributed by atoms with E-state index in [0.717, 1.165) is 12.1 Å². The Bertz CT molecular complexity index is 385. The molecule has 0 aliphatic carbocycles. The molecule has 0 spiro atoms. The molecule has 4 heteroatoms. The van der Waals surface area contributed by atoms with E-state index in [1.807, 2.05) is 26.0 Å².